The van der Waals surface area contributed by atoms with Gasteiger partial charge >= 0.3 is 11.9 Å². The van der Waals surface area contributed by atoms with Crippen molar-refractivity contribution in [2.45, 2.75) is 18.6 Å². The van der Waals surface area contributed by atoms with Crippen LogP contribution in [0.15, 0.2) is 34.5 Å². The summed E-state index contributed by atoms with van der Waals surface area (Å²) in [7, 11) is 0. The van der Waals surface area contributed by atoms with E-state index in [-0.39, 0.29) is 11.6 Å². The van der Waals surface area contributed by atoms with Gasteiger partial charge in [0.25, 0.3) is 0 Å². The molecule has 2 rings (SSSR count). The highest BCUT2D eigenvalue weighted by molar-refractivity contribution is 8.15. The average molecular weight is 335 g/mol. The van der Waals surface area contributed by atoms with Gasteiger partial charge in [-0.05, 0) is 29.8 Å². The summed E-state index contributed by atoms with van der Waals surface area (Å²) in [5.74, 6) is -1.41. The Labute approximate surface area is 135 Å². The topological polar surface area (TPSA) is 117 Å². The van der Waals surface area contributed by atoms with Crippen molar-refractivity contribution < 1.29 is 24.2 Å². The molecule has 23 heavy (non-hydrogen) atoms. The number of thioether (sulfide) groups is 1. The summed E-state index contributed by atoms with van der Waals surface area (Å²) in [4.78, 5) is 32.9. The number of ether oxygens (including phenoxy) is 1. The number of aliphatic carboxylic acids is 1. The van der Waals surface area contributed by atoms with Crippen molar-refractivity contribution in [2.75, 3.05) is 0 Å². The highest BCUT2D eigenvalue weighted by Gasteiger charge is 2.32. The van der Waals surface area contributed by atoms with Gasteiger partial charge in [0.2, 0.25) is 5.91 Å². The predicted octanol–water partition coefficient (Wildman–Crippen LogP) is 1.01. The number of amidine groups is 1. The van der Waals surface area contributed by atoms with E-state index in [0.29, 0.717) is 5.75 Å². The first kappa shape index (κ1) is 16.7. The van der Waals surface area contributed by atoms with E-state index in [1.54, 1.807) is 24.3 Å². The molecule has 1 aliphatic rings. The lowest BCUT2D eigenvalue weighted by molar-refractivity contribution is -0.138. The van der Waals surface area contributed by atoms with Gasteiger partial charge in [0.05, 0.1) is 12.6 Å². The second-order valence-electron chi connectivity index (χ2n) is 4.51. The molecule has 1 aliphatic heterocycles. The molecule has 1 aromatic carbocycles. The lowest BCUT2D eigenvalue weighted by Gasteiger charge is -2.00. The number of carbonyl (C=O) groups excluding carboxylic acids is 2. The first-order valence-corrected chi connectivity index (χ1v) is 7.41. The highest BCUT2D eigenvalue weighted by atomic mass is 32.2. The molecule has 0 bridgehead atoms. The molecule has 0 aromatic heterocycles. The molecule has 1 aromatic rings. The number of nitrogens with zero attached hydrogens (tertiary/aromatic N) is 2. The molecule has 0 spiro atoms. The Bertz CT molecular complexity index is 684. The van der Waals surface area contributed by atoms with E-state index in [0.717, 1.165) is 17.3 Å². The normalized spacial score (nSPS) is 19.1. The fourth-order valence-corrected chi connectivity index (χ4v) is 2.60. The maximum absolute atomic E-state index is 11.5. The van der Waals surface area contributed by atoms with E-state index in [2.05, 4.69) is 15.5 Å². The molecule has 1 heterocycles. The molecule has 1 unspecified atom stereocenters. The number of carboxylic acid groups (broad SMARTS) is 1. The van der Waals surface area contributed by atoms with Crippen LogP contribution < -0.4 is 10.1 Å². The number of esters is 1. The minimum Gasteiger partial charge on any atom is -0.481 e. The Balaban J connectivity index is 1.94. The molecule has 1 atom stereocenters. The quantitative estimate of drug-likeness (QED) is 0.359. The third kappa shape index (κ3) is 5.22. The molecular formula is C14H13N3O5S. The van der Waals surface area contributed by atoms with Crippen LogP contribution in [-0.2, 0) is 14.4 Å². The molecular weight excluding hydrogens is 322 g/mol. The van der Waals surface area contributed by atoms with E-state index >= 15 is 0 Å². The Morgan fingerprint density at radius 2 is 2.09 bits per heavy atom. The van der Waals surface area contributed by atoms with Gasteiger partial charge in [-0.15, -0.1) is 5.10 Å². The van der Waals surface area contributed by atoms with Crippen LogP contribution in [-0.4, -0.2) is 39.6 Å². The van der Waals surface area contributed by atoms with Gasteiger partial charge < -0.3 is 15.2 Å². The van der Waals surface area contributed by atoms with Crippen LogP contribution in [0.5, 0.6) is 5.75 Å². The summed E-state index contributed by atoms with van der Waals surface area (Å²) < 4.78 is 4.90. The molecule has 0 saturated carbocycles. The average Bonchev–Trinajstić information content (AvgIpc) is 2.80. The Hall–Kier alpha value is -2.68. The largest absolute Gasteiger partial charge is 0.481 e. The maximum Gasteiger partial charge on any atom is 0.308 e. The molecule has 9 heteroatoms. The summed E-state index contributed by atoms with van der Waals surface area (Å²) in [6.45, 7) is 1.32. The third-order valence-electron chi connectivity index (χ3n) is 2.63. The number of hydrogen-bond acceptors (Lipinski definition) is 7. The molecule has 1 saturated heterocycles. The van der Waals surface area contributed by atoms with Crippen molar-refractivity contribution in [3.05, 3.63) is 29.8 Å². The molecule has 1 fully saturated rings. The van der Waals surface area contributed by atoms with Crippen molar-refractivity contribution in [3.63, 3.8) is 0 Å². The number of amides is 1. The number of rotatable bonds is 5. The summed E-state index contributed by atoms with van der Waals surface area (Å²) in [6, 6.07) is 6.61. The SMILES string of the molecule is CC(=O)Oc1ccc(C=NN=C2NC(=O)C(CC(=O)O)S2)cc1. The summed E-state index contributed by atoms with van der Waals surface area (Å²) in [5, 5.41) is 18.4. The van der Waals surface area contributed by atoms with Crippen LogP contribution in [0.4, 0.5) is 0 Å². The van der Waals surface area contributed by atoms with Crippen LogP contribution in [0.3, 0.4) is 0 Å². The standard InChI is InChI=1S/C14H13N3O5S/c1-8(18)22-10-4-2-9(3-5-10)7-15-17-14-16-13(21)11(23-14)6-12(19)20/h2-5,7,11H,6H2,1H3,(H,19,20)(H,16,17,21). The van der Waals surface area contributed by atoms with Crippen molar-refractivity contribution in [1.82, 2.24) is 5.32 Å². The van der Waals surface area contributed by atoms with Gasteiger partial charge in [0.15, 0.2) is 5.17 Å². The number of carbonyl (C=O) groups is 3. The smallest absolute Gasteiger partial charge is 0.308 e. The van der Waals surface area contributed by atoms with Crippen molar-refractivity contribution in [3.8, 4) is 5.75 Å². The Kier molecular flexibility index (Phi) is 5.47. The van der Waals surface area contributed by atoms with Gasteiger partial charge in [0.1, 0.15) is 11.0 Å². The van der Waals surface area contributed by atoms with E-state index in [1.807, 2.05) is 0 Å². The van der Waals surface area contributed by atoms with E-state index < -0.39 is 23.1 Å². The van der Waals surface area contributed by atoms with Crippen LogP contribution in [0, 0.1) is 0 Å². The Morgan fingerprint density at radius 3 is 2.70 bits per heavy atom. The molecule has 8 nitrogen and oxygen atoms in total. The maximum atomic E-state index is 11.5. The fourth-order valence-electron chi connectivity index (χ4n) is 1.68. The predicted molar refractivity (Wildman–Crippen MR) is 84.6 cm³/mol. The van der Waals surface area contributed by atoms with E-state index in [4.69, 9.17) is 9.84 Å². The number of hydrogen-bond donors (Lipinski definition) is 2. The molecule has 0 radical (unpaired) electrons. The second kappa shape index (κ2) is 7.54. The van der Waals surface area contributed by atoms with E-state index in [9.17, 15) is 14.4 Å². The molecule has 120 valence electrons. The van der Waals surface area contributed by atoms with Gasteiger partial charge in [-0.1, -0.05) is 11.8 Å². The summed E-state index contributed by atoms with van der Waals surface area (Å²) in [5.41, 5.74) is 0.724. The van der Waals surface area contributed by atoms with Gasteiger partial charge in [-0.3, -0.25) is 14.4 Å². The van der Waals surface area contributed by atoms with E-state index in [1.165, 1.54) is 13.1 Å². The zero-order chi connectivity index (χ0) is 16.8. The zero-order valence-electron chi connectivity index (χ0n) is 12.1. The van der Waals surface area contributed by atoms with Gasteiger partial charge in [-0.2, -0.15) is 5.10 Å². The van der Waals surface area contributed by atoms with Gasteiger partial charge in [-0.25, -0.2) is 0 Å². The lowest BCUT2D eigenvalue weighted by atomic mass is 10.2. The second-order valence-corrected chi connectivity index (χ2v) is 5.70. The summed E-state index contributed by atoms with van der Waals surface area (Å²) in [6.07, 6.45) is 1.19. The molecule has 2 N–H and O–H groups in total. The fraction of sp³-hybridized carbons (Fsp3) is 0.214. The lowest BCUT2D eigenvalue weighted by Crippen LogP contribution is -2.26. The minimum absolute atomic E-state index is 0.258. The minimum atomic E-state index is -1.05. The third-order valence-corrected chi connectivity index (χ3v) is 3.71. The number of carboxylic acids is 1. The molecule has 0 aliphatic carbocycles. The number of benzene rings is 1. The van der Waals surface area contributed by atoms with Crippen molar-refractivity contribution in [2.24, 2.45) is 10.2 Å². The highest BCUT2D eigenvalue weighted by Crippen LogP contribution is 2.22. The first-order valence-electron chi connectivity index (χ1n) is 6.53. The van der Waals surface area contributed by atoms with Crippen LogP contribution in [0.2, 0.25) is 0 Å². The number of nitrogens with one attached hydrogen (secondary N) is 1. The zero-order valence-corrected chi connectivity index (χ0v) is 12.9. The molecule has 1 amide bonds. The van der Waals surface area contributed by atoms with Crippen LogP contribution in [0.25, 0.3) is 0 Å². The van der Waals surface area contributed by atoms with Crippen LogP contribution in [0.1, 0.15) is 18.9 Å². The van der Waals surface area contributed by atoms with Crippen LogP contribution >= 0.6 is 11.8 Å². The van der Waals surface area contributed by atoms with Crippen molar-refractivity contribution in [1.29, 1.82) is 0 Å². The monoisotopic (exact) mass is 335 g/mol. The summed E-state index contributed by atoms with van der Waals surface area (Å²) >= 11 is 1.03. The van der Waals surface area contributed by atoms with Gasteiger partial charge in [0, 0.05) is 6.92 Å². The van der Waals surface area contributed by atoms with Crippen molar-refractivity contribution >= 4 is 41.0 Å². The first-order chi connectivity index (χ1) is 10.9. The Morgan fingerprint density at radius 1 is 1.39 bits per heavy atom.